The summed E-state index contributed by atoms with van der Waals surface area (Å²) in [6.45, 7) is 4.32. The standard InChI is InChI=1S/C17H22N2O5S/c1-11-4-3-9-19(11)14-10-12(16(21)22)5-6-13(14)15(20)18-25(23,24)17(2)7-8-17/h5-6,10-11H,3-4,7-9H2,1-2H3,(H,18,20)(H,21,22)/t11-/m0/s1. The maximum Gasteiger partial charge on any atom is 0.335 e. The maximum absolute atomic E-state index is 12.6. The van der Waals surface area contributed by atoms with Crippen LogP contribution in [-0.2, 0) is 10.0 Å². The molecule has 7 nitrogen and oxygen atoms in total. The highest BCUT2D eigenvalue weighted by atomic mass is 32.2. The summed E-state index contributed by atoms with van der Waals surface area (Å²) >= 11 is 0. The first-order chi connectivity index (χ1) is 11.6. The van der Waals surface area contributed by atoms with E-state index in [0.29, 0.717) is 25.1 Å². The molecule has 1 atom stereocenters. The molecule has 1 aromatic carbocycles. The maximum atomic E-state index is 12.6. The number of carbonyl (C=O) groups excluding carboxylic acids is 1. The lowest BCUT2D eigenvalue weighted by atomic mass is 10.1. The van der Waals surface area contributed by atoms with Gasteiger partial charge in [-0.25, -0.2) is 17.9 Å². The van der Waals surface area contributed by atoms with E-state index in [-0.39, 0.29) is 17.2 Å². The molecule has 0 unspecified atom stereocenters. The number of carbonyl (C=O) groups is 2. The molecule has 0 aromatic heterocycles. The van der Waals surface area contributed by atoms with Crippen LogP contribution in [0.2, 0.25) is 0 Å². The van der Waals surface area contributed by atoms with Crippen LogP contribution in [-0.4, -0.2) is 42.7 Å². The molecule has 1 aromatic rings. The molecule has 2 N–H and O–H groups in total. The number of benzene rings is 1. The number of amides is 1. The smallest absolute Gasteiger partial charge is 0.335 e. The van der Waals surface area contributed by atoms with Gasteiger partial charge in [0.2, 0.25) is 10.0 Å². The molecule has 1 amide bonds. The van der Waals surface area contributed by atoms with E-state index in [2.05, 4.69) is 4.72 Å². The number of rotatable bonds is 5. The summed E-state index contributed by atoms with van der Waals surface area (Å²) in [5.41, 5.74) is 0.729. The van der Waals surface area contributed by atoms with Crippen LogP contribution in [0.4, 0.5) is 5.69 Å². The predicted molar refractivity (Wildman–Crippen MR) is 93.5 cm³/mol. The Labute approximate surface area is 147 Å². The van der Waals surface area contributed by atoms with Crippen LogP contribution in [0.25, 0.3) is 0 Å². The Morgan fingerprint density at radius 1 is 1.32 bits per heavy atom. The number of hydrogen-bond donors (Lipinski definition) is 2. The van der Waals surface area contributed by atoms with Crippen LogP contribution >= 0.6 is 0 Å². The van der Waals surface area contributed by atoms with Gasteiger partial charge >= 0.3 is 5.97 Å². The lowest BCUT2D eigenvalue weighted by Gasteiger charge is -2.26. The van der Waals surface area contributed by atoms with E-state index in [0.717, 1.165) is 12.8 Å². The monoisotopic (exact) mass is 366 g/mol. The van der Waals surface area contributed by atoms with Gasteiger partial charge < -0.3 is 10.0 Å². The fraction of sp³-hybridized carbons (Fsp3) is 0.529. The van der Waals surface area contributed by atoms with E-state index >= 15 is 0 Å². The van der Waals surface area contributed by atoms with E-state index < -0.39 is 26.6 Å². The van der Waals surface area contributed by atoms with Crippen molar-refractivity contribution in [2.75, 3.05) is 11.4 Å². The van der Waals surface area contributed by atoms with Crippen molar-refractivity contribution in [3.8, 4) is 0 Å². The molecule has 1 aliphatic carbocycles. The largest absolute Gasteiger partial charge is 0.478 e. The molecule has 2 fully saturated rings. The minimum Gasteiger partial charge on any atom is -0.478 e. The summed E-state index contributed by atoms with van der Waals surface area (Å²) in [4.78, 5) is 25.9. The predicted octanol–water partition coefficient (Wildman–Crippen LogP) is 1.99. The lowest BCUT2D eigenvalue weighted by Crippen LogP contribution is -2.39. The van der Waals surface area contributed by atoms with Crippen molar-refractivity contribution < 1.29 is 23.1 Å². The SMILES string of the molecule is C[C@H]1CCCN1c1cc(C(=O)O)ccc1C(=O)NS(=O)(=O)C1(C)CC1. The Morgan fingerprint density at radius 3 is 2.52 bits per heavy atom. The van der Waals surface area contributed by atoms with Crippen LogP contribution in [0, 0.1) is 0 Å². The highest BCUT2D eigenvalue weighted by molar-refractivity contribution is 7.91. The third-order valence-corrected chi connectivity index (χ3v) is 7.34. The summed E-state index contributed by atoms with van der Waals surface area (Å²) in [7, 11) is -3.75. The van der Waals surface area contributed by atoms with Crippen molar-refractivity contribution in [2.45, 2.75) is 50.3 Å². The first-order valence-electron chi connectivity index (χ1n) is 8.35. The third kappa shape index (κ3) is 3.22. The molecule has 0 spiro atoms. The van der Waals surface area contributed by atoms with Gasteiger partial charge in [-0.1, -0.05) is 0 Å². The van der Waals surface area contributed by atoms with Crippen molar-refractivity contribution >= 4 is 27.6 Å². The number of anilines is 1. The molecule has 1 saturated carbocycles. The molecular formula is C17H22N2O5S. The molecule has 1 saturated heterocycles. The molecule has 1 aliphatic heterocycles. The Bertz CT molecular complexity index is 829. The van der Waals surface area contributed by atoms with Crippen LogP contribution in [0.3, 0.4) is 0 Å². The number of hydrogen-bond acceptors (Lipinski definition) is 5. The van der Waals surface area contributed by atoms with Gasteiger partial charge in [-0.2, -0.15) is 0 Å². The Hall–Kier alpha value is -2.09. The van der Waals surface area contributed by atoms with Gasteiger partial charge in [-0.05, 0) is 57.7 Å². The zero-order valence-corrected chi connectivity index (χ0v) is 15.1. The third-order valence-electron chi connectivity index (χ3n) is 5.18. The Morgan fingerprint density at radius 2 is 2.00 bits per heavy atom. The highest BCUT2D eigenvalue weighted by Gasteiger charge is 2.51. The molecule has 136 valence electrons. The Balaban J connectivity index is 1.97. The van der Waals surface area contributed by atoms with Gasteiger partial charge in [-0.15, -0.1) is 0 Å². The first-order valence-corrected chi connectivity index (χ1v) is 9.84. The zero-order chi connectivity index (χ0) is 18.4. The summed E-state index contributed by atoms with van der Waals surface area (Å²) in [6, 6.07) is 4.33. The van der Waals surface area contributed by atoms with Gasteiger partial charge in [0.05, 0.1) is 21.6 Å². The van der Waals surface area contributed by atoms with Gasteiger partial charge in [-0.3, -0.25) is 4.79 Å². The van der Waals surface area contributed by atoms with Crippen molar-refractivity contribution in [1.29, 1.82) is 0 Å². The number of carboxylic acid groups (broad SMARTS) is 1. The van der Waals surface area contributed by atoms with Crippen molar-refractivity contribution in [3.05, 3.63) is 29.3 Å². The second-order valence-corrected chi connectivity index (χ2v) is 9.30. The van der Waals surface area contributed by atoms with Crippen molar-refractivity contribution in [2.24, 2.45) is 0 Å². The normalized spacial score (nSPS) is 21.8. The van der Waals surface area contributed by atoms with Gasteiger partial charge in [0.1, 0.15) is 0 Å². The molecule has 2 aliphatic rings. The fourth-order valence-electron chi connectivity index (χ4n) is 3.13. The topological polar surface area (TPSA) is 104 Å². The van der Waals surface area contributed by atoms with Gasteiger partial charge in [0, 0.05) is 12.6 Å². The van der Waals surface area contributed by atoms with Crippen molar-refractivity contribution in [3.63, 3.8) is 0 Å². The summed E-state index contributed by atoms with van der Waals surface area (Å²) in [5, 5.41) is 9.23. The van der Waals surface area contributed by atoms with Gasteiger partial charge in [0.15, 0.2) is 0 Å². The number of nitrogens with one attached hydrogen (secondary N) is 1. The number of nitrogens with zero attached hydrogens (tertiary/aromatic N) is 1. The molecule has 3 rings (SSSR count). The van der Waals surface area contributed by atoms with Crippen molar-refractivity contribution in [1.82, 2.24) is 4.72 Å². The quantitative estimate of drug-likeness (QED) is 0.826. The van der Waals surface area contributed by atoms with E-state index in [1.165, 1.54) is 18.2 Å². The molecule has 8 heteroatoms. The summed E-state index contributed by atoms with van der Waals surface area (Å²) in [6.07, 6.45) is 2.94. The minimum atomic E-state index is -3.75. The molecular weight excluding hydrogens is 344 g/mol. The number of aromatic carboxylic acids is 1. The minimum absolute atomic E-state index is 0.0719. The fourth-order valence-corrected chi connectivity index (χ4v) is 4.37. The molecule has 0 radical (unpaired) electrons. The number of sulfonamides is 1. The number of carboxylic acids is 1. The molecule has 0 bridgehead atoms. The van der Waals surface area contributed by atoms with Gasteiger partial charge in [0.25, 0.3) is 5.91 Å². The second kappa shape index (κ2) is 6.01. The van der Waals surface area contributed by atoms with E-state index in [4.69, 9.17) is 0 Å². The van der Waals surface area contributed by atoms with Crippen LogP contribution in [0.5, 0.6) is 0 Å². The average Bonchev–Trinajstić information content (AvgIpc) is 3.16. The van der Waals surface area contributed by atoms with E-state index in [9.17, 15) is 23.1 Å². The van der Waals surface area contributed by atoms with E-state index in [1.54, 1.807) is 6.92 Å². The Kier molecular flexibility index (Phi) is 4.26. The molecule has 1 heterocycles. The molecule has 25 heavy (non-hydrogen) atoms. The van der Waals surface area contributed by atoms with Crippen LogP contribution < -0.4 is 9.62 Å². The zero-order valence-electron chi connectivity index (χ0n) is 14.3. The first kappa shape index (κ1) is 17.7. The van der Waals surface area contributed by atoms with Crippen LogP contribution in [0.15, 0.2) is 18.2 Å². The summed E-state index contributed by atoms with van der Waals surface area (Å²) in [5.74, 6) is -1.79. The lowest BCUT2D eigenvalue weighted by molar-refractivity contribution is 0.0696. The highest BCUT2D eigenvalue weighted by Crippen LogP contribution is 2.42. The average molecular weight is 366 g/mol. The second-order valence-electron chi connectivity index (χ2n) is 7.11. The summed E-state index contributed by atoms with van der Waals surface area (Å²) < 4.78 is 25.9. The van der Waals surface area contributed by atoms with Crippen LogP contribution in [0.1, 0.15) is 60.2 Å². The van der Waals surface area contributed by atoms with E-state index in [1.807, 2.05) is 11.8 Å².